The molecule has 106 valence electrons. The second-order valence-corrected chi connectivity index (χ2v) is 7.75. The summed E-state index contributed by atoms with van der Waals surface area (Å²) in [6.07, 6.45) is 5.25. The summed E-state index contributed by atoms with van der Waals surface area (Å²) in [7, 11) is 1.30. The van der Waals surface area contributed by atoms with Gasteiger partial charge in [0.15, 0.2) is 10.4 Å². The molecule has 1 aliphatic rings. The monoisotopic (exact) mass is 369 g/mol. The fraction of sp³-hybridized carbons (Fsp3) is 0.545. The molecule has 0 radical (unpaired) electrons. The van der Waals surface area contributed by atoms with Crippen molar-refractivity contribution in [1.29, 1.82) is 0 Å². The summed E-state index contributed by atoms with van der Waals surface area (Å²) in [5.74, 6) is -0.476. The van der Waals surface area contributed by atoms with E-state index in [0.29, 0.717) is 0 Å². The van der Waals surface area contributed by atoms with Crippen molar-refractivity contribution < 1.29 is 17.6 Å². The molecule has 1 amide bonds. The highest BCUT2D eigenvalue weighted by molar-refractivity contribution is 9.10. The minimum atomic E-state index is -3.93. The summed E-state index contributed by atoms with van der Waals surface area (Å²) < 4.78 is 27.5. The maximum absolute atomic E-state index is 11.9. The number of rotatable bonds is 3. The van der Waals surface area contributed by atoms with Crippen LogP contribution in [-0.2, 0) is 9.05 Å². The van der Waals surface area contributed by atoms with Gasteiger partial charge in [0, 0.05) is 22.8 Å². The standard InChI is InChI=1S/C11H13BrClNO4S/c12-10-9(19(13,16)17)6-8(18-10)11(15)14-7-4-2-1-3-5-7/h6-7H,1-5H2,(H,14,15). The highest BCUT2D eigenvalue weighted by Gasteiger charge is 2.24. The van der Waals surface area contributed by atoms with E-state index in [9.17, 15) is 13.2 Å². The molecule has 0 unspecified atom stereocenters. The number of nitrogens with one attached hydrogen (secondary N) is 1. The first kappa shape index (κ1) is 14.9. The van der Waals surface area contributed by atoms with Crippen molar-refractivity contribution >= 4 is 41.6 Å². The van der Waals surface area contributed by atoms with Crippen LogP contribution >= 0.6 is 26.6 Å². The quantitative estimate of drug-likeness (QED) is 0.830. The highest BCUT2D eigenvalue weighted by atomic mass is 79.9. The number of furan rings is 1. The van der Waals surface area contributed by atoms with E-state index < -0.39 is 15.0 Å². The highest BCUT2D eigenvalue weighted by Crippen LogP contribution is 2.29. The second kappa shape index (κ2) is 5.85. The molecule has 0 spiro atoms. The largest absolute Gasteiger partial charge is 0.443 e. The van der Waals surface area contributed by atoms with Crippen LogP contribution in [0.2, 0.25) is 0 Å². The van der Waals surface area contributed by atoms with E-state index in [1.54, 1.807) is 0 Å². The first-order valence-electron chi connectivity index (χ1n) is 5.93. The van der Waals surface area contributed by atoms with E-state index in [0.717, 1.165) is 31.7 Å². The molecule has 0 atom stereocenters. The summed E-state index contributed by atoms with van der Waals surface area (Å²) in [5.41, 5.74) is 0. The van der Waals surface area contributed by atoms with E-state index in [-0.39, 0.29) is 21.4 Å². The zero-order valence-corrected chi connectivity index (χ0v) is 13.1. The summed E-state index contributed by atoms with van der Waals surface area (Å²) in [5, 5.41) is 2.84. The number of hydrogen-bond donors (Lipinski definition) is 1. The molecule has 1 saturated carbocycles. The molecule has 0 bridgehead atoms. The van der Waals surface area contributed by atoms with Crippen LogP contribution in [0.5, 0.6) is 0 Å². The van der Waals surface area contributed by atoms with Crippen molar-refractivity contribution in [3.05, 3.63) is 16.5 Å². The van der Waals surface area contributed by atoms with Gasteiger partial charge in [-0.15, -0.1) is 0 Å². The first-order chi connectivity index (χ1) is 8.88. The van der Waals surface area contributed by atoms with Gasteiger partial charge in [-0.3, -0.25) is 4.79 Å². The molecule has 2 rings (SSSR count). The van der Waals surface area contributed by atoms with Crippen LogP contribution in [-0.4, -0.2) is 20.4 Å². The Morgan fingerprint density at radius 3 is 2.53 bits per heavy atom. The van der Waals surface area contributed by atoms with Crippen LogP contribution in [0.3, 0.4) is 0 Å². The summed E-state index contributed by atoms with van der Waals surface area (Å²) >= 11 is 2.94. The topological polar surface area (TPSA) is 76.4 Å². The van der Waals surface area contributed by atoms with E-state index in [1.165, 1.54) is 6.42 Å². The van der Waals surface area contributed by atoms with E-state index >= 15 is 0 Å². The Morgan fingerprint density at radius 2 is 2.00 bits per heavy atom. The summed E-state index contributed by atoms with van der Waals surface area (Å²) in [4.78, 5) is 11.7. The van der Waals surface area contributed by atoms with Crippen LogP contribution in [0.25, 0.3) is 0 Å². The first-order valence-corrected chi connectivity index (χ1v) is 9.03. The molecule has 0 saturated heterocycles. The lowest BCUT2D eigenvalue weighted by Crippen LogP contribution is -2.35. The van der Waals surface area contributed by atoms with Crippen LogP contribution in [0.4, 0.5) is 0 Å². The SMILES string of the molecule is O=C(NC1CCCCC1)c1cc(S(=O)(=O)Cl)c(Br)o1. The number of carbonyl (C=O) groups is 1. The van der Waals surface area contributed by atoms with Gasteiger partial charge in [-0.1, -0.05) is 19.3 Å². The molecular weight excluding hydrogens is 358 g/mol. The molecule has 1 aromatic rings. The Bertz CT molecular complexity index is 578. The molecule has 5 nitrogen and oxygen atoms in total. The molecular formula is C11H13BrClNO4S. The molecule has 1 aliphatic carbocycles. The van der Waals surface area contributed by atoms with Crippen molar-refractivity contribution in [3.8, 4) is 0 Å². The predicted octanol–water partition coefficient (Wildman–Crippen LogP) is 3.03. The minimum absolute atomic E-state index is 0.0586. The van der Waals surface area contributed by atoms with Gasteiger partial charge >= 0.3 is 0 Å². The molecule has 1 fully saturated rings. The van der Waals surface area contributed by atoms with Gasteiger partial charge in [0.2, 0.25) is 0 Å². The fourth-order valence-electron chi connectivity index (χ4n) is 2.13. The Morgan fingerprint density at radius 1 is 1.37 bits per heavy atom. The molecule has 19 heavy (non-hydrogen) atoms. The van der Waals surface area contributed by atoms with Crippen LogP contribution in [0, 0.1) is 0 Å². The Kier molecular flexibility index (Phi) is 4.58. The normalized spacial score (nSPS) is 17.4. The molecule has 1 aromatic heterocycles. The Labute approximate surface area is 124 Å². The lowest BCUT2D eigenvalue weighted by molar-refractivity contribution is 0.0898. The van der Waals surface area contributed by atoms with Gasteiger partial charge in [-0.2, -0.15) is 0 Å². The third kappa shape index (κ3) is 3.73. The lowest BCUT2D eigenvalue weighted by atomic mass is 9.95. The molecule has 8 heteroatoms. The Hall–Kier alpha value is -0.530. The van der Waals surface area contributed by atoms with Crippen molar-refractivity contribution in [3.63, 3.8) is 0 Å². The maximum Gasteiger partial charge on any atom is 0.287 e. The second-order valence-electron chi connectivity index (χ2n) is 4.49. The van der Waals surface area contributed by atoms with Crippen molar-refractivity contribution in [2.75, 3.05) is 0 Å². The minimum Gasteiger partial charge on any atom is -0.443 e. The average molecular weight is 371 g/mol. The van der Waals surface area contributed by atoms with Gasteiger partial charge < -0.3 is 9.73 Å². The van der Waals surface area contributed by atoms with Crippen LogP contribution in [0.15, 0.2) is 20.0 Å². The zero-order valence-electron chi connectivity index (χ0n) is 9.99. The molecule has 1 heterocycles. The van der Waals surface area contributed by atoms with Gasteiger partial charge in [0.25, 0.3) is 15.0 Å². The smallest absolute Gasteiger partial charge is 0.287 e. The third-order valence-corrected chi connectivity index (χ3v) is 5.26. The number of halogens is 2. The van der Waals surface area contributed by atoms with Gasteiger partial charge in [0.05, 0.1) is 0 Å². The number of carbonyl (C=O) groups excluding carboxylic acids is 1. The third-order valence-electron chi connectivity index (χ3n) is 3.08. The van der Waals surface area contributed by atoms with Crippen molar-refractivity contribution in [2.45, 2.75) is 43.0 Å². The number of hydrogen-bond acceptors (Lipinski definition) is 4. The van der Waals surface area contributed by atoms with Gasteiger partial charge in [-0.05, 0) is 28.8 Å². The molecule has 0 aromatic carbocycles. The van der Waals surface area contributed by atoms with Crippen LogP contribution in [0.1, 0.15) is 42.7 Å². The zero-order chi connectivity index (χ0) is 14.0. The lowest BCUT2D eigenvalue weighted by Gasteiger charge is -2.22. The van der Waals surface area contributed by atoms with Crippen molar-refractivity contribution in [1.82, 2.24) is 5.32 Å². The predicted molar refractivity (Wildman–Crippen MR) is 73.8 cm³/mol. The average Bonchev–Trinajstić information content (AvgIpc) is 2.72. The maximum atomic E-state index is 11.9. The molecule has 1 N–H and O–H groups in total. The van der Waals surface area contributed by atoms with Crippen molar-refractivity contribution in [2.24, 2.45) is 0 Å². The van der Waals surface area contributed by atoms with E-state index in [4.69, 9.17) is 15.1 Å². The molecule has 0 aliphatic heterocycles. The Balaban J connectivity index is 2.11. The number of amides is 1. The van der Waals surface area contributed by atoms with E-state index in [1.807, 2.05) is 0 Å². The fourth-order valence-corrected chi connectivity index (χ4v) is 4.17. The summed E-state index contributed by atoms with van der Waals surface area (Å²) in [6.45, 7) is 0. The van der Waals surface area contributed by atoms with Gasteiger partial charge in [-0.25, -0.2) is 8.42 Å². The summed E-state index contributed by atoms with van der Waals surface area (Å²) in [6, 6.07) is 1.26. The van der Waals surface area contributed by atoms with Gasteiger partial charge in [0.1, 0.15) is 4.90 Å². The van der Waals surface area contributed by atoms with Crippen LogP contribution < -0.4 is 5.32 Å². The van der Waals surface area contributed by atoms with E-state index in [2.05, 4.69) is 21.2 Å².